The molecule has 0 radical (unpaired) electrons. The molecule has 0 saturated heterocycles. The van der Waals surface area contributed by atoms with Gasteiger partial charge in [0.1, 0.15) is 5.56 Å². The maximum atomic E-state index is 13.0. The molecule has 0 bridgehead atoms. The summed E-state index contributed by atoms with van der Waals surface area (Å²) in [7, 11) is 0. The van der Waals surface area contributed by atoms with Gasteiger partial charge in [0.05, 0.1) is 6.20 Å². The molecule has 6 heteroatoms. The maximum absolute atomic E-state index is 13.0. The molecule has 0 aliphatic carbocycles. The van der Waals surface area contributed by atoms with Gasteiger partial charge in [0.25, 0.3) is 5.91 Å². The molecule has 0 atom stereocenters. The van der Waals surface area contributed by atoms with Crippen molar-refractivity contribution >= 4 is 11.6 Å². The van der Waals surface area contributed by atoms with E-state index in [-0.39, 0.29) is 5.91 Å². The minimum absolute atomic E-state index is 0.0137. The summed E-state index contributed by atoms with van der Waals surface area (Å²) in [6.07, 6.45) is 5.45. The molecule has 1 aromatic carbocycles. The van der Waals surface area contributed by atoms with Crippen LogP contribution in [0.15, 0.2) is 42.9 Å². The highest BCUT2D eigenvalue weighted by Crippen LogP contribution is 2.24. The lowest BCUT2D eigenvalue weighted by molar-refractivity contribution is 0.0753. The largest absolute Gasteiger partial charge is 0.330 e. The van der Waals surface area contributed by atoms with Crippen LogP contribution in [0.3, 0.4) is 0 Å². The van der Waals surface area contributed by atoms with Crippen LogP contribution in [0.5, 0.6) is 0 Å². The Labute approximate surface area is 153 Å². The number of rotatable bonds is 5. The Morgan fingerprint density at radius 1 is 1.12 bits per heavy atom. The molecule has 0 fully saturated rings. The van der Waals surface area contributed by atoms with Crippen LogP contribution < -0.4 is 0 Å². The van der Waals surface area contributed by atoms with Crippen LogP contribution in [-0.4, -0.2) is 43.4 Å². The number of aromatic nitrogens is 3. The van der Waals surface area contributed by atoms with Crippen molar-refractivity contribution in [1.29, 1.82) is 0 Å². The smallest absolute Gasteiger partial charge is 0.259 e. The Morgan fingerprint density at radius 3 is 2.46 bits per heavy atom. The second-order valence-electron chi connectivity index (χ2n) is 6.68. The van der Waals surface area contributed by atoms with E-state index in [4.69, 9.17) is 0 Å². The first-order chi connectivity index (χ1) is 12.7. The van der Waals surface area contributed by atoms with Gasteiger partial charge in [-0.2, -0.15) is 5.10 Å². The lowest BCUT2D eigenvalue weighted by Crippen LogP contribution is -2.25. The normalized spacial score (nSPS) is 13.6. The van der Waals surface area contributed by atoms with Gasteiger partial charge in [-0.15, -0.1) is 0 Å². The van der Waals surface area contributed by atoms with Crippen LogP contribution in [0.4, 0.5) is 0 Å². The highest BCUT2D eigenvalue weighted by atomic mass is 16.2. The van der Waals surface area contributed by atoms with Crippen molar-refractivity contribution in [3.8, 4) is 0 Å². The zero-order valence-corrected chi connectivity index (χ0v) is 15.2. The fraction of sp³-hybridized carbons (Fsp3) is 0.350. The summed E-state index contributed by atoms with van der Waals surface area (Å²) in [5, 5.41) is 4.37. The first-order valence-corrected chi connectivity index (χ1v) is 9.10. The minimum Gasteiger partial charge on any atom is -0.330 e. The van der Waals surface area contributed by atoms with Gasteiger partial charge in [-0.3, -0.25) is 9.69 Å². The third kappa shape index (κ3) is 2.97. The molecule has 1 amide bonds. The molecule has 1 aliphatic rings. The SMILES string of the molecule is CCN(CC)Cc1cnc2c(C(=O)N3Cc4ccccc4C3)cnn2c1. The molecular formula is C20H23N5O. The number of benzene rings is 1. The van der Waals surface area contributed by atoms with Gasteiger partial charge in [0, 0.05) is 37.6 Å². The van der Waals surface area contributed by atoms with E-state index in [0.29, 0.717) is 24.3 Å². The van der Waals surface area contributed by atoms with Gasteiger partial charge in [-0.05, 0) is 24.2 Å². The third-order valence-electron chi connectivity index (χ3n) is 5.07. The Morgan fingerprint density at radius 2 is 1.81 bits per heavy atom. The molecule has 6 nitrogen and oxygen atoms in total. The Bertz CT molecular complexity index is 919. The summed E-state index contributed by atoms with van der Waals surface area (Å²) in [6.45, 7) is 8.40. The average Bonchev–Trinajstić information content (AvgIpc) is 3.29. The highest BCUT2D eigenvalue weighted by molar-refractivity contribution is 5.99. The van der Waals surface area contributed by atoms with Crippen LogP contribution >= 0.6 is 0 Å². The molecule has 0 N–H and O–H groups in total. The summed E-state index contributed by atoms with van der Waals surface area (Å²) in [4.78, 5) is 21.7. The number of carbonyl (C=O) groups is 1. The lowest BCUT2D eigenvalue weighted by atomic mass is 10.1. The molecule has 0 unspecified atom stereocenters. The van der Waals surface area contributed by atoms with Crippen molar-refractivity contribution in [1.82, 2.24) is 24.4 Å². The number of hydrogen-bond acceptors (Lipinski definition) is 4. The van der Waals surface area contributed by atoms with Crippen molar-refractivity contribution in [3.63, 3.8) is 0 Å². The predicted molar refractivity (Wildman–Crippen MR) is 99.6 cm³/mol. The summed E-state index contributed by atoms with van der Waals surface area (Å²) in [5.41, 5.74) is 4.71. The molecule has 2 aromatic heterocycles. The fourth-order valence-corrected chi connectivity index (χ4v) is 3.50. The lowest BCUT2D eigenvalue weighted by Gasteiger charge is -2.17. The van der Waals surface area contributed by atoms with Crippen molar-refractivity contribution in [2.75, 3.05) is 13.1 Å². The zero-order chi connectivity index (χ0) is 18.1. The number of carbonyl (C=O) groups excluding carboxylic acids is 1. The van der Waals surface area contributed by atoms with E-state index < -0.39 is 0 Å². The van der Waals surface area contributed by atoms with E-state index >= 15 is 0 Å². The fourth-order valence-electron chi connectivity index (χ4n) is 3.50. The number of fused-ring (bicyclic) bond motifs is 2. The molecule has 0 spiro atoms. The summed E-state index contributed by atoms with van der Waals surface area (Å²) in [6, 6.07) is 8.19. The van der Waals surface area contributed by atoms with E-state index in [1.54, 1.807) is 10.7 Å². The maximum Gasteiger partial charge on any atom is 0.259 e. The molecule has 26 heavy (non-hydrogen) atoms. The number of amides is 1. The topological polar surface area (TPSA) is 53.7 Å². The van der Waals surface area contributed by atoms with Gasteiger partial charge in [0.15, 0.2) is 5.65 Å². The van der Waals surface area contributed by atoms with Crippen LogP contribution in [0.2, 0.25) is 0 Å². The quantitative estimate of drug-likeness (QED) is 0.711. The molecule has 3 aromatic rings. The average molecular weight is 349 g/mol. The highest BCUT2D eigenvalue weighted by Gasteiger charge is 2.26. The minimum atomic E-state index is -0.0137. The summed E-state index contributed by atoms with van der Waals surface area (Å²) in [5.74, 6) is -0.0137. The van der Waals surface area contributed by atoms with Gasteiger partial charge >= 0.3 is 0 Å². The Kier molecular flexibility index (Phi) is 4.42. The van der Waals surface area contributed by atoms with Crippen molar-refractivity contribution < 1.29 is 4.79 Å². The molecular weight excluding hydrogens is 326 g/mol. The molecule has 3 heterocycles. The summed E-state index contributed by atoms with van der Waals surface area (Å²) >= 11 is 0. The molecule has 0 saturated carbocycles. The van der Waals surface area contributed by atoms with Crippen LogP contribution in [0, 0.1) is 0 Å². The first-order valence-electron chi connectivity index (χ1n) is 9.10. The van der Waals surface area contributed by atoms with E-state index in [1.807, 2.05) is 29.4 Å². The molecule has 4 rings (SSSR count). The van der Waals surface area contributed by atoms with Gasteiger partial charge in [-0.25, -0.2) is 9.50 Å². The Balaban J connectivity index is 1.57. The standard InChI is InChI=1S/C20H23N5O/c1-3-23(4-2)11-15-9-21-19-18(10-22-25(19)12-15)20(26)24-13-16-7-5-6-8-17(16)14-24/h5-10,12H,3-4,11,13-14H2,1-2H3. The third-order valence-corrected chi connectivity index (χ3v) is 5.07. The summed E-state index contributed by atoms with van der Waals surface area (Å²) < 4.78 is 1.72. The zero-order valence-electron chi connectivity index (χ0n) is 15.2. The molecule has 1 aliphatic heterocycles. The number of hydrogen-bond donors (Lipinski definition) is 0. The van der Waals surface area contributed by atoms with E-state index in [2.05, 4.69) is 41.0 Å². The van der Waals surface area contributed by atoms with Crippen LogP contribution in [0.1, 0.15) is 40.9 Å². The van der Waals surface area contributed by atoms with Crippen LogP contribution in [0.25, 0.3) is 5.65 Å². The van der Waals surface area contributed by atoms with Gasteiger partial charge in [0.2, 0.25) is 0 Å². The second kappa shape index (κ2) is 6.88. The van der Waals surface area contributed by atoms with E-state index in [0.717, 1.165) is 25.2 Å². The molecule has 134 valence electrons. The van der Waals surface area contributed by atoms with E-state index in [1.165, 1.54) is 11.1 Å². The Hall–Kier alpha value is -2.73. The predicted octanol–water partition coefficient (Wildman–Crippen LogP) is 2.73. The first kappa shape index (κ1) is 16.7. The van der Waals surface area contributed by atoms with Gasteiger partial charge < -0.3 is 4.90 Å². The van der Waals surface area contributed by atoms with Crippen molar-refractivity contribution in [2.24, 2.45) is 0 Å². The van der Waals surface area contributed by atoms with E-state index in [9.17, 15) is 4.79 Å². The van der Waals surface area contributed by atoms with Gasteiger partial charge in [-0.1, -0.05) is 38.1 Å². The monoisotopic (exact) mass is 349 g/mol. The second-order valence-corrected chi connectivity index (χ2v) is 6.68. The van der Waals surface area contributed by atoms with Crippen molar-refractivity contribution in [2.45, 2.75) is 33.5 Å². The van der Waals surface area contributed by atoms with Crippen molar-refractivity contribution in [3.05, 3.63) is 65.1 Å². The van der Waals surface area contributed by atoms with Crippen LogP contribution in [-0.2, 0) is 19.6 Å². The number of nitrogens with zero attached hydrogens (tertiary/aromatic N) is 5.